The molecule has 10 atom stereocenters. The van der Waals surface area contributed by atoms with E-state index < -0.39 is 45.6 Å². The smallest absolute Gasteiger partial charge is 0.164 e. The van der Waals surface area contributed by atoms with Gasteiger partial charge < -0.3 is 29.9 Å². The molecule has 4 aliphatic carbocycles. The normalized spacial score (nSPS) is 51.3. The molecule has 0 unspecified atom stereocenters. The molecule has 4 N–H and O–H groups in total. The second-order valence-electron chi connectivity index (χ2n) is 14.7. The van der Waals surface area contributed by atoms with E-state index in [1.54, 1.807) is 6.08 Å². The summed E-state index contributed by atoms with van der Waals surface area (Å²) in [4.78, 5) is 13.4. The van der Waals surface area contributed by atoms with E-state index in [1.807, 2.05) is 27.7 Å². The fraction of sp³-hybridized carbons (Fsp3) is 0.900. The van der Waals surface area contributed by atoms with Gasteiger partial charge in [-0.25, -0.2) is 0 Å². The van der Waals surface area contributed by atoms with Crippen LogP contribution in [0.25, 0.3) is 0 Å². The Labute approximate surface area is 221 Å². The minimum absolute atomic E-state index is 0.000157. The first-order valence-electron chi connectivity index (χ1n) is 14.3. The van der Waals surface area contributed by atoms with Gasteiger partial charge in [0.2, 0.25) is 0 Å². The number of ether oxygens (including phenoxy) is 2. The maximum absolute atomic E-state index is 13.4. The van der Waals surface area contributed by atoms with E-state index in [2.05, 4.69) is 20.8 Å². The molecular weight excluding hydrogens is 472 g/mol. The van der Waals surface area contributed by atoms with Crippen LogP contribution in [0.4, 0.5) is 0 Å². The monoisotopic (exact) mass is 520 g/mol. The molecule has 5 aliphatic rings. The number of carbonyl (C=O) groups is 1. The van der Waals surface area contributed by atoms with Crippen LogP contribution in [0.1, 0.15) is 99.8 Å². The van der Waals surface area contributed by atoms with E-state index in [1.165, 1.54) is 0 Å². The quantitative estimate of drug-likeness (QED) is 0.447. The highest BCUT2D eigenvalue weighted by Gasteiger charge is 2.71. The molecule has 0 aromatic rings. The molecule has 0 bridgehead atoms. The van der Waals surface area contributed by atoms with Crippen molar-refractivity contribution in [3.63, 3.8) is 0 Å². The molecule has 0 aromatic heterocycles. The van der Waals surface area contributed by atoms with Crippen molar-refractivity contribution in [2.24, 2.45) is 28.6 Å². The van der Waals surface area contributed by atoms with Crippen LogP contribution in [0.2, 0.25) is 0 Å². The summed E-state index contributed by atoms with van der Waals surface area (Å²) in [5, 5.41) is 43.9. The van der Waals surface area contributed by atoms with E-state index >= 15 is 0 Å². The molecule has 7 nitrogen and oxygen atoms in total. The molecule has 0 spiro atoms. The number of hydrogen-bond acceptors (Lipinski definition) is 7. The predicted molar refractivity (Wildman–Crippen MR) is 138 cm³/mol. The number of carbonyl (C=O) groups excluding carboxylic acids is 1. The van der Waals surface area contributed by atoms with Crippen molar-refractivity contribution in [2.45, 2.75) is 141 Å². The summed E-state index contributed by atoms with van der Waals surface area (Å²) in [6, 6.07) is 0. The molecule has 0 radical (unpaired) electrons. The molecule has 210 valence electrons. The van der Waals surface area contributed by atoms with Gasteiger partial charge in [-0.2, -0.15) is 0 Å². The van der Waals surface area contributed by atoms with Gasteiger partial charge in [0.25, 0.3) is 0 Å². The predicted octanol–water partition coefficient (Wildman–Crippen LogP) is 3.65. The number of ketones is 1. The van der Waals surface area contributed by atoms with Crippen LogP contribution >= 0.6 is 0 Å². The molecule has 1 saturated heterocycles. The number of fused-ring (bicyclic) bond motifs is 5. The fourth-order valence-corrected chi connectivity index (χ4v) is 9.49. The summed E-state index contributed by atoms with van der Waals surface area (Å²) < 4.78 is 13.1. The van der Waals surface area contributed by atoms with Crippen LogP contribution in [0.3, 0.4) is 0 Å². The lowest BCUT2D eigenvalue weighted by Gasteiger charge is -2.60. The summed E-state index contributed by atoms with van der Waals surface area (Å²) in [6.45, 7) is 13.8. The molecule has 0 aromatic carbocycles. The molecular formula is C30H48O7. The largest absolute Gasteiger partial charge is 0.390 e. The summed E-state index contributed by atoms with van der Waals surface area (Å²) >= 11 is 0. The van der Waals surface area contributed by atoms with Crippen molar-refractivity contribution in [1.82, 2.24) is 0 Å². The van der Waals surface area contributed by atoms with Gasteiger partial charge in [0.15, 0.2) is 11.6 Å². The van der Waals surface area contributed by atoms with Crippen molar-refractivity contribution < 1.29 is 34.7 Å². The van der Waals surface area contributed by atoms with Crippen molar-refractivity contribution in [3.05, 3.63) is 11.6 Å². The Morgan fingerprint density at radius 1 is 1.03 bits per heavy atom. The zero-order valence-electron chi connectivity index (χ0n) is 23.7. The standard InChI is InChI=1S/C30H48O7/c1-25(2,34)11-10-24-29(7,37-26(3,4)36-24)23-9-13-30(35)18-14-20(31)19-15-21(32)22(33)16-27(19,5)17(18)8-12-28(23,30)6/h14,17,19,21-24,32-35H,8-13,15-16H2,1-7H3/t17-,19+,21-,22+,23-,24+,27-,28-,29-,30-/m1/s1. The van der Waals surface area contributed by atoms with Gasteiger partial charge in [-0.15, -0.1) is 0 Å². The highest BCUT2D eigenvalue weighted by atomic mass is 16.8. The zero-order chi connectivity index (χ0) is 27.4. The minimum Gasteiger partial charge on any atom is -0.390 e. The third-order valence-corrected chi connectivity index (χ3v) is 11.4. The molecule has 1 aliphatic heterocycles. The Morgan fingerprint density at radius 3 is 2.35 bits per heavy atom. The van der Waals surface area contributed by atoms with E-state index in [4.69, 9.17) is 9.47 Å². The van der Waals surface area contributed by atoms with Crippen LogP contribution < -0.4 is 0 Å². The third kappa shape index (κ3) is 4.02. The Kier molecular flexibility index (Phi) is 6.25. The summed E-state index contributed by atoms with van der Waals surface area (Å²) in [5.41, 5.74) is -2.79. The average molecular weight is 521 g/mol. The van der Waals surface area contributed by atoms with Gasteiger partial charge in [0.1, 0.15) is 0 Å². The first-order valence-corrected chi connectivity index (χ1v) is 14.3. The molecule has 7 heteroatoms. The lowest BCUT2D eigenvalue weighted by molar-refractivity contribution is -0.191. The Morgan fingerprint density at radius 2 is 1.70 bits per heavy atom. The van der Waals surface area contributed by atoms with Gasteiger partial charge in [-0.1, -0.05) is 13.8 Å². The van der Waals surface area contributed by atoms with E-state index in [0.717, 1.165) is 24.8 Å². The fourth-order valence-electron chi connectivity index (χ4n) is 9.49. The number of aliphatic hydroxyl groups is 4. The van der Waals surface area contributed by atoms with Crippen molar-refractivity contribution in [3.8, 4) is 0 Å². The molecule has 0 amide bonds. The van der Waals surface area contributed by atoms with Crippen LogP contribution in [-0.2, 0) is 14.3 Å². The SMILES string of the molecule is CC(C)(O)CC[C@@H]1OC(C)(C)O[C@]1(C)[C@@H]1CC[C@@]2(O)C3=CC(=O)[C@@H]4C[C@@H](O)[C@@H](O)C[C@]4(C)[C@@H]3CC[C@]12C. The number of allylic oxidation sites excluding steroid dienone is 1. The summed E-state index contributed by atoms with van der Waals surface area (Å²) in [7, 11) is 0. The maximum atomic E-state index is 13.4. The molecule has 37 heavy (non-hydrogen) atoms. The van der Waals surface area contributed by atoms with Gasteiger partial charge in [-0.05, 0) is 115 Å². The molecule has 3 saturated carbocycles. The van der Waals surface area contributed by atoms with Crippen LogP contribution in [0.5, 0.6) is 0 Å². The van der Waals surface area contributed by atoms with Gasteiger partial charge in [-0.3, -0.25) is 4.79 Å². The highest BCUT2D eigenvalue weighted by molar-refractivity contribution is 5.95. The van der Waals surface area contributed by atoms with E-state index in [9.17, 15) is 25.2 Å². The first-order chi connectivity index (χ1) is 16.9. The Bertz CT molecular complexity index is 983. The zero-order valence-corrected chi connectivity index (χ0v) is 23.7. The number of rotatable bonds is 4. The van der Waals surface area contributed by atoms with E-state index in [0.29, 0.717) is 25.7 Å². The number of aliphatic hydroxyl groups excluding tert-OH is 2. The average Bonchev–Trinajstić information content (AvgIpc) is 3.17. The van der Waals surface area contributed by atoms with Crippen LogP contribution in [0, 0.1) is 28.6 Å². The lowest BCUT2D eigenvalue weighted by atomic mass is 9.45. The minimum atomic E-state index is -1.15. The second-order valence-corrected chi connectivity index (χ2v) is 14.7. The molecule has 1 heterocycles. The van der Waals surface area contributed by atoms with Crippen molar-refractivity contribution in [1.29, 1.82) is 0 Å². The van der Waals surface area contributed by atoms with Gasteiger partial charge >= 0.3 is 0 Å². The Hall–Kier alpha value is -0.830. The summed E-state index contributed by atoms with van der Waals surface area (Å²) in [6.07, 6.45) is 4.51. The van der Waals surface area contributed by atoms with Crippen LogP contribution in [0.15, 0.2) is 11.6 Å². The Balaban J connectivity index is 1.51. The van der Waals surface area contributed by atoms with Crippen molar-refractivity contribution >= 4 is 5.78 Å². The third-order valence-electron chi connectivity index (χ3n) is 11.4. The highest BCUT2D eigenvalue weighted by Crippen LogP contribution is 2.69. The summed E-state index contributed by atoms with van der Waals surface area (Å²) in [5.74, 6) is -1.14. The number of hydrogen-bond donors (Lipinski definition) is 4. The molecule has 4 fully saturated rings. The van der Waals surface area contributed by atoms with Crippen LogP contribution in [-0.4, -0.2) is 67.1 Å². The maximum Gasteiger partial charge on any atom is 0.164 e. The lowest BCUT2D eigenvalue weighted by Crippen LogP contribution is -2.62. The second kappa shape index (κ2) is 8.34. The topological polar surface area (TPSA) is 116 Å². The van der Waals surface area contributed by atoms with E-state index in [-0.39, 0.29) is 36.1 Å². The molecule has 5 rings (SSSR count). The first kappa shape index (κ1) is 27.7. The van der Waals surface area contributed by atoms with Gasteiger partial charge in [0.05, 0.1) is 35.1 Å². The van der Waals surface area contributed by atoms with Gasteiger partial charge in [0, 0.05) is 11.3 Å². The van der Waals surface area contributed by atoms with Crippen molar-refractivity contribution in [2.75, 3.05) is 0 Å².